The molecule has 1 aromatic heterocycles. The van der Waals surface area contributed by atoms with E-state index in [1.165, 1.54) is 12.1 Å². The van der Waals surface area contributed by atoms with Gasteiger partial charge < -0.3 is 15.5 Å². The van der Waals surface area contributed by atoms with Gasteiger partial charge in [-0.2, -0.15) is 4.39 Å². The van der Waals surface area contributed by atoms with Crippen molar-refractivity contribution in [1.29, 1.82) is 0 Å². The number of carbonyl (C=O) groups is 1. The van der Waals surface area contributed by atoms with Crippen LogP contribution in [0.15, 0.2) is 30.3 Å². The van der Waals surface area contributed by atoms with E-state index in [-0.39, 0.29) is 23.7 Å². The second-order valence-corrected chi connectivity index (χ2v) is 6.10. The third-order valence-corrected chi connectivity index (χ3v) is 3.61. The maximum Gasteiger partial charge on any atom is 0.278 e. The van der Waals surface area contributed by atoms with Gasteiger partial charge in [-0.05, 0) is 52.9 Å². The summed E-state index contributed by atoms with van der Waals surface area (Å²) in [7, 11) is 0. The average Bonchev–Trinajstić information content (AvgIpc) is 2.57. The second-order valence-electron chi connectivity index (χ2n) is 4.86. The normalized spacial score (nSPS) is 11.9. The van der Waals surface area contributed by atoms with Crippen LogP contribution in [0.25, 0.3) is 0 Å². The molecule has 1 aromatic carbocycles. The van der Waals surface area contributed by atoms with Gasteiger partial charge in [0.05, 0.1) is 17.9 Å². The van der Waals surface area contributed by atoms with Crippen molar-refractivity contribution in [2.24, 2.45) is 0 Å². The third-order valence-electron chi connectivity index (χ3n) is 2.94. The fourth-order valence-electron chi connectivity index (χ4n) is 1.74. The molecular formula is C15H14F2IN3O4. The lowest BCUT2D eigenvalue weighted by Crippen LogP contribution is -2.30. The van der Waals surface area contributed by atoms with Crippen LogP contribution in [0, 0.1) is 15.3 Å². The van der Waals surface area contributed by atoms with Crippen LogP contribution in [-0.2, 0) is 4.84 Å². The zero-order chi connectivity index (χ0) is 18.4. The van der Waals surface area contributed by atoms with Crippen LogP contribution < -0.4 is 10.8 Å². The molecule has 0 aliphatic carbocycles. The summed E-state index contributed by atoms with van der Waals surface area (Å²) in [5.41, 5.74) is 1.94. The average molecular weight is 465 g/mol. The number of hydrogen-bond donors (Lipinski definition) is 4. The van der Waals surface area contributed by atoms with E-state index in [1.54, 1.807) is 6.07 Å². The van der Waals surface area contributed by atoms with Gasteiger partial charge >= 0.3 is 0 Å². The van der Waals surface area contributed by atoms with E-state index in [2.05, 4.69) is 10.3 Å². The Hall–Kier alpha value is -1.89. The van der Waals surface area contributed by atoms with Gasteiger partial charge in [-0.15, -0.1) is 0 Å². The predicted molar refractivity (Wildman–Crippen MR) is 93.1 cm³/mol. The minimum Gasteiger partial charge on any atom is -0.394 e. The van der Waals surface area contributed by atoms with Gasteiger partial charge in [0.2, 0.25) is 5.95 Å². The van der Waals surface area contributed by atoms with Crippen molar-refractivity contribution in [3.05, 3.63) is 51.2 Å². The van der Waals surface area contributed by atoms with Crippen molar-refractivity contribution in [2.75, 3.05) is 18.5 Å². The maximum absolute atomic E-state index is 13.9. The van der Waals surface area contributed by atoms with Crippen molar-refractivity contribution in [1.82, 2.24) is 10.5 Å². The number of rotatable bonds is 7. The Bertz CT molecular complexity index is 764. The molecule has 25 heavy (non-hydrogen) atoms. The van der Waals surface area contributed by atoms with Crippen molar-refractivity contribution in [3.63, 3.8) is 0 Å². The minimum absolute atomic E-state index is 0.0178. The molecule has 0 radical (unpaired) electrons. The molecule has 0 fully saturated rings. The van der Waals surface area contributed by atoms with E-state index in [1.807, 2.05) is 28.1 Å². The number of nitrogens with one attached hydrogen (secondary N) is 2. The van der Waals surface area contributed by atoms with Gasteiger partial charge in [0.15, 0.2) is 0 Å². The summed E-state index contributed by atoms with van der Waals surface area (Å²) >= 11 is 1.94. The van der Waals surface area contributed by atoms with Crippen LogP contribution in [0.5, 0.6) is 0 Å². The molecule has 1 atom stereocenters. The fraction of sp³-hybridized carbons (Fsp3) is 0.200. The predicted octanol–water partition coefficient (Wildman–Crippen LogP) is 1.72. The number of benzene rings is 1. The molecule has 1 heterocycles. The molecule has 134 valence electrons. The Labute approximate surface area is 155 Å². The number of hydrogen-bond acceptors (Lipinski definition) is 6. The van der Waals surface area contributed by atoms with E-state index < -0.39 is 30.4 Å². The summed E-state index contributed by atoms with van der Waals surface area (Å²) in [6.45, 7) is -0.877. The summed E-state index contributed by atoms with van der Waals surface area (Å²) in [5.74, 6) is -2.44. The summed E-state index contributed by atoms with van der Waals surface area (Å²) in [4.78, 5) is 20.4. The second kappa shape index (κ2) is 8.99. The Morgan fingerprint density at radius 3 is 2.76 bits per heavy atom. The molecule has 0 bridgehead atoms. The largest absolute Gasteiger partial charge is 0.394 e. The lowest BCUT2D eigenvalue weighted by atomic mass is 10.2. The zero-order valence-corrected chi connectivity index (χ0v) is 14.8. The summed E-state index contributed by atoms with van der Waals surface area (Å²) in [6, 6.07) is 6.44. The molecule has 0 saturated heterocycles. The number of halogens is 3. The van der Waals surface area contributed by atoms with Crippen molar-refractivity contribution in [2.45, 2.75) is 6.10 Å². The number of nitrogens with zero attached hydrogens (tertiary/aromatic N) is 1. The van der Waals surface area contributed by atoms with Crippen LogP contribution in [-0.4, -0.2) is 40.4 Å². The van der Waals surface area contributed by atoms with Crippen LogP contribution >= 0.6 is 22.6 Å². The van der Waals surface area contributed by atoms with Crippen LogP contribution in [0.3, 0.4) is 0 Å². The number of pyridine rings is 1. The third kappa shape index (κ3) is 5.56. The van der Waals surface area contributed by atoms with Gasteiger partial charge in [0, 0.05) is 3.57 Å². The number of amides is 1. The van der Waals surface area contributed by atoms with E-state index >= 15 is 0 Å². The molecule has 10 heteroatoms. The lowest BCUT2D eigenvalue weighted by molar-refractivity contribution is -0.0295. The summed E-state index contributed by atoms with van der Waals surface area (Å²) in [6.07, 6.45) is -1.16. The van der Waals surface area contributed by atoms with Crippen molar-refractivity contribution in [3.8, 4) is 0 Å². The summed E-state index contributed by atoms with van der Waals surface area (Å²) in [5, 5.41) is 20.4. The number of aliphatic hydroxyl groups excluding tert-OH is 2. The van der Waals surface area contributed by atoms with Crippen LogP contribution in [0.2, 0.25) is 0 Å². The highest BCUT2D eigenvalue weighted by Gasteiger charge is 2.16. The number of anilines is 2. The van der Waals surface area contributed by atoms with Crippen molar-refractivity contribution < 1.29 is 28.6 Å². The molecule has 0 spiro atoms. The maximum atomic E-state index is 13.9. The molecule has 2 aromatic rings. The smallest absolute Gasteiger partial charge is 0.278 e. The number of aromatic nitrogens is 1. The van der Waals surface area contributed by atoms with E-state index in [9.17, 15) is 13.6 Å². The molecule has 0 aliphatic heterocycles. The van der Waals surface area contributed by atoms with Crippen LogP contribution in [0.1, 0.15) is 10.4 Å². The van der Waals surface area contributed by atoms with Gasteiger partial charge in [-0.1, -0.05) is 0 Å². The van der Waals surface area contributed by atoms with Gasteiger partial charge in [0.1, 0.15) is 24.3 Å². The zero-order valence-electron chi connectivity index (χ0n) is 12.7. The monoisotopic (exact) mass is 465 g/mol. The number of carbonyl (C=O) groups excluding carboxylic acids is 1. The summed E-state index contributed by atoms with van der Waals surface area (Å²) < 4.78 is 28.0. The fourth-order valence-corrected chi connectivity index (χ4v) is 2.20. The molecule has 7 nitrogen and oxygen atoms in total. The topological polar surface area (TPSA) is 104 Å². The minimum atomic E-state index is -1.16. The first-order valence-electron chi connectivity index (χ1n) is 7.00. The van der Waals surface area contributed by atoms with Gasteiger partial charge in [0.25, 0.3) is 5.91 Å². The first-order valence-corrected chi connectivity index (χ1v) is 8.08. The molecular weight excluding hydrogens is 451 g/mol. The highest BCUT2D eigenvalue weighted by atomic mass is 127. The number of aliphatic hydroxyl groups is 2. The van der Waals surface area contributed by atoms with Crippen LogP contribution in [0.4, 0.5) is 20.3 Å². The lowest BCUT2D eigenvalue weighted by Gasteiger charge is -2.13. The Kier molecular flexibility index (Phi) is 6.99. The Morgan fingerprint density at radius 1 is 1.32 bits per heavy atom. The Balaban J connectivity index is 2.17. The highest BCUT2D eigenvalue weighted by molar-refractivity contribution is 14.1. The molecule has 1 unspecified atom stereocenters. The standard InChI is InChI=1S/C15H14F2IN3O4/c16-11-5-8(18)1-3-12(11)19-14-10(2-4-13(17)20-14)15(24)21-25-7-9(23)6-22/h1-5,9,22-23H,6-7H2,(H,19,20)(H,21,24). The van der Waals surface area contributed by atoms with E-state index in [4.69, 9.17) is 15.1 Å². The van der Waals surface area contributed by atoms with E-state index in [0.717, 1.165) is 12.1 Å². The SMILES string of the molecule is O=C(NOCC(O)CO)c1ccc(F)nc1Nc1ccc(I)cc1F. The Morgan fingerprint density at radius 2 is 2.08 bits per heavy atom. The number of hydroxylamine groups is 1. The molecule has 0 aliphatic rings. The molecule has 4 N–H and O–H groups in total. The van der Waals surface area contributed by atoms with Crippen molar-refractivity contribution >= 4 is 40.0 Å². The van der Waals surface area contributed by atoms with Gasteiger partial charge in [-0.3, -0.25) is 9.63 Å². The molecule has 1 amide bonds. The first-order chi connectivity index (χ1) is 11.9. The quantitative estimate of drug-likeness (QED) is 0.282. The molecule has 2 rings (SSSR count). The van der Waals surface area contributed by atoms with Gasteiger partial charge in [-0.25, -0.2) is 14.9 Å². The van der Waals surface area contributed by atoms with E-state index in [0.29, 0.717) is 3.57 Å². The highest BCUT2D eigenvalue weighted by Crippen LogP contribution is 2.23. The first kappa shape index (κ1) is 19.4. The molecule has 0 saturated carbocycles.